The van der Waals surface area contributed by atoms with E-state index in [-0.39, 0.29) is 0 Å². The Morgan fingerprint density at radius 1 is 1.67 bits per heavy atom. The van der Waals surface area contributed by atoms with Gasteiger partial charge in [-0.1, -0.05) is 6.92 Å². The maximum atomic E-state index is 9.93. The van der Waals surface area contributed by atoms with E-state index in [2.05, 4.69) is 16.9 Å². The molecule has 2 rings (SSSR count). The van der Waals surface area contributed by atoms with Gasteiger partial charge in [-0.2, -0.15) is 0 Å². The summed E-state index contributed by atoms with van der Waals surface area (Å²) in [5.74, 6) is 0.371. The third-order valence-corrected chi connectivity index (χ3v) is 2.49. The first kappa shape index (κ1) is 7.68. The summed E-state index contributed by atoms with van der Waals surface area (Å²) in [4.78, 5) is 8.05. The molecule has 0 aromatic carbocycles. The van der Waals surface area contributed by atoms with Crippen molar-refractivity contribution >= 4 is 0 Å². The van der Waals surface area contributed by atoms with E-state index < -0.39 is 5.60 Å². The lowest BCUT2D eigenvalue weighted by atomic mass is 10.0. The molecule has 1 aliphatic rings. The lowest BCUT2D eigenvalue weighted by Crippen LogP contribution is -2.18. The molecule has 2 atom stereocenters. The number of aromatic nitrogens is 2. The number of hydrogen-bond donors (Lipinski definition) is 1. The minimum Gasteiger partial charge on any atom is -0.384 e. The molecule has 1 aromatic rings. The molecule has 0 saturated heterocycles. The first-order chi connectivity index (χ1) is 5.61. The van der Waals surface area contributed by atoms with Crippen LogP contribution in [0.3, 0.4) is 0 Å². The van der Waals surface area contributed by atoms with Crippen LogP contribution in [0.1, 0.15) is 37.4 Å². The molecule has 3 heteroatoms. The van der Waals surface area contributed by atoms with Gasteiger partial charge in [0.25, 0.3) is 0 Å². The molecular formula is C9H12N2O. The summed E-state index contributed by atoms with van der Waals surface area (Å²) in [6.45, 7) is 3.89. The van der Waals surface area contributed by atoms with Crippen molar-refractivity contribution in [2.75, 3.05) is 0 Å². The normalized spacial score (nSPS) is 33.4. The zero-order chi connectivity index (χ0) is 8.77. The maximum Gasteiger partial charge on any atom is 0.115 e. The molecule has 1 N–H and O–H groups in total. The summed E-state index contributed by atoms with van der Waals surface area (Å²) in [6, 6.07) is 0. The Morgan fingerprint density at radius 3 is 3.08 bits per heavy atom. The summed E-state index contributed by atoms with van der Waals surface area (Å²) in [6.07, 6.45) is 4.04. The van der Waals surface area contributed by atoms with Gasteiger partial charge in [-0.15, -0.1) is 0 Å². The van der Waals surface area contributed by atoms with E-state index in [4.69, 9.17) is 0 Å². The van der Waals surface area contributed by atoms with Gasteiger partial charge in [-0.05, 0) is 24.8 Å². The van der Waals surface area contributed by atoms with Crippen LogP contribution in [0.25, 0.3) is 0 Å². The van der Waals surface area contributed by atoms with Crippen molar-refractivity contribution in [1.29, 1.82) is 0 Å². The Kier molecular flexibility index (Phi) is 1.45. The van der Waals surface area contributed by atoms with Gasteiger partial charge in [0.15, 0.2) is 0 Å². The van der Waals surface area contributed by atoms with Gasteiger partial charge in [0, 0.05) is 6.20 Å². The topological polar surface area (TPSA) is 46.0 Å². The SMILES string of the molecule is C[C@@H]1CC(C)(O)c2ncncc21. The van der Waals surface area contributed by atoms with Gasteiger partial charge in [-0.3, -0.25) is 0 Å². The van der Waals surface area contributed by atoms with Gasteiger partial charge in [-0.25, -0.2) is 9.97 Å². The van der Waals surface area contributed by atoms with Gasteiger partial charge in [0.2, 0.25) is 0 Å². The molecule has 0 amide bonds. The van der Waals surface area contributed by atoms with E-state index in [1.54, 1.807) is 6.20 Å². The minimum atomic E-state index is -0.752. The molecule has 0 aliphatic heterocycles. The fourth-order valence-corrected chi connectivity index (χ4v) is 1.95. The Bertz CT molecular complexity index is 309. The van der Waals surface area contributed by atoms with Crippen LogP contribution < -0.4 is 0 Å². The van der Waals surface area contributed by atoms with Crippen LogP contribution in [0, 0.1) is 0 Å². The lowest BCUT2D eigenvalue weighted by molar-refractivity contribution is 0.0511. The Labute approximate surface area is 71.5 Å². The number of rotatable bonds is 0. The van der Waals surface area contributed by atoms with Crippen LogP contribution in [-0.4, -0.2) is 15.1 Å². The Hall–Kier alpha value is -0.960. The number of nitrogens with zero attached hydrogens (tertiary/aromatic N) is 2. The molecule has 0 fully saturated rings. The van der Waals surface area contributed by atoms with Crippen molar-refractivity contribution in [2.45, 2.75) is 31.8 Å². The minimum absolute atomic E-state index is 0.371. The lowest BCUT2D eigenvalue weighted by Gasteiger charge is -2.15. The van der Waals surface area contributed by atoms with Crippen LogP contribution in [0.5, 0.6) is 0 Å². The van der Waals surface area contributed by atoms with Crippen LogP contribution in [0.2, 0.25) is 0 Å². The van der Waals surface area contributed by atoms with Crippen molar-refractivity contribution in [3.05, 3.63) is 23.8 Å². The zero-order valence-electron chi connectivity index (χ0n) is 7.28. The van der Waals surface area contributed by atoms with Crippen molar-refractivity contribution in [2.24, 2.45) is 0 Å². The summed E-state index contributed by atoms with van der Waals surface area (Å²) >= 11 is 0. The number of hydrogen-bond acceptors (Lipinski definition) is 3. The fraction of sp³-hybridized carbons (Fsp3) is 0.556. The molecule has 0 saturated carbocycles. The predicted molar refractivity (Wildman–Crippen MR) is 44.6 cm³/mol. The Balaban J connectivity index is 2.58. The van der Waals surface area contributed by atoms with E-state index in [1.807, 2.05) is 6.92 Å². The van der Waals surface area contributed by atoms with Crippen molar-refractivity contribution < 1.29 is 5.11 Å². The van der Waals surface area contributed by atoms with E-state index in [1.165, 1.54) is 6.33 Å². The van der Waals surface area contributed by atoms with Crippen LogP contribution in [0.4, 0.5) is 0 Å². The third-order valence-electron chi connectivity index (χ3n) is 2.49. The molecule has 0 spiro atoms. The summed E-state index contributed by atoms with van der Waals surface area (Å²) in [7, 11) is 0. The smallest absolute Gasteiger partial charge is 0.115 e. The average Bonchev–Trinajstić information content (AvgIpc) is 2.25. The second kappa shape index (κ2) is 2.26. The second-order valence-electron chi connectivity index (χ2n) is 3.71. The number of fused-ring (bicyclic) bond motifs is 1. The molecule has 1 heterocycles. The molecule has 1 aromatic heterocycles. The molecule has 0 radical (unpaired) electrons. The fourth-order valence-electron chi connectivity index (χ4n) is 1.95. The van der Waals surface area contributed by atoms with Gasteiger partial charge in [0.05, 0.1) is 5.69 Å². The highest BCUT2D eigenvalue weighted by atomic mass is 16.3. The van der Waals surface area contributed by atoms with E-state index in [0.717, 1.165) is 17.7 Å². The number of aliphatic hydroxyl groups is 1. The molecule has 3 nitrogen and oxygen atoms in total. The maximum absolute atomic E-state index is 9.93. The van der Waals surface area contributed by atoms with Crippen molar-refractivity contribution in [3.63, 3.8) is 0 Å². The average molecular weight is 164 g/mol. The van der Waals surface area contributed by atoms with Crippen LogP contribution in [-0.2, 0) is 5.60 Å². The largest absolute Gasteiger partial charge is 0.384 e. The molecule has 0 bridgehead atoms. The van der Waals surface area contributed by atoms with E-state index >= 15 is 0 Å². The molecular weight excluding hydrogens is 152 g/mol. The van der Waals surface area contributed by atoms with Crippen molar-refractivity contribution in [3.8, 4) is 0 Å². The van der Waals surface area contributed by atoms with E-state index in [9.17, 15) is 5.11 Å². The Morgan fingerprint density at radius 2 is 2.42 bits per heavy atom. The highest BCUT2D eigenvalue weighted by Gasteiger charge is 2.37. The van der Waals surface area contributed by atoms with Crippen molar-refractivity contribution in [1.82, 2.24) is 9.97 Å². The van der Waals surface area contributed by atoms with Crippen LogP contribution >= 0.6 is 0 Å². The summed E-state index contributed by atoms with van der Waals surface area (Å²) in [5, 5.41) is 9.93. The van der Waals surface area contributed by atoms with Gasteiger partial charge in [0.1, 0.15) is 11.9 Å². The summed E-state index contributed by atoms with van der Waals surface area (Å²) in [5.41, 5.74) is 1.13. The zero-order valence-corrected chi connectivity index (χ0v) is 7.28. The molecule has 1 unspecified atom stereocenters. The molecule has 1 aliphatic carbocycles. The van der Waals surface area contributed by atoms with Gasteiger partial charge >= 0.3 is 0 Å². The highest BCUT2D eigenvalue weighted by Crippen LogP contribution is 2.41. The molecule has 64 valence electrons. The van der Waals surface area contributed by atoms with Gasteiger partial charge < -0.3 is 5.11 Å². The van der Waals surface area contributed by atoms with Crippen LogP contribution in [0.15, 0.2) is 12.5 Å². The quantitative estimate of drug-likeness (QED) is 0.626. The third kappa shape index (κ3) is 0.932. The standard InChI is InChI=1S/C9H12N2O/c1-6-3-9(2,12)8-7(6)4-10-5-11-8/h4-6,12H,3H2,1-2H3/t6-,9?/m1/s1. The second-order valence-corrected chi connectivity index (χ2v) is 3.71. The monoisotopic (exact) mass is 164 g/mol. The first-order valence-electron chi connectivity index (χ1n) is 4.14. The highest BCUT2D eigenvalue weighted by molar-refractivity contribution is 5.31. The first-order valence-corrected chi connectivity index (χ1v) is 4.14. The molecule has 12 heavy (non-hydrogen) atoms. The summed E-state index contributed by atoms with van der Waals surface area (Å²) < 4.78 is 0. The predicted octanol–water partition coefficient (Wildman–Crippen LogP) is 1.19. The van der Waals surface area contributed by atoms with E-state index in [0.29, 0.717) is 5.92 Å².